The molecule has 0 aliphatic heterocycles. The Morgan fingerprint density at radius 3 is 2.50 bits per heavy atom. The van der Waals surface area contributed by atoms with E-state index < -0.39 is 0 Å². The smallest absolute Gasteiger partial charge is 0.247 e. The van der Waals surface area contributed by atoms with E-state index in [1.807, 2.05) is 78.9 Å². The van der Waals surface area contributed by atoms with Gasteiger partial charge in [0, 0.05) is 10.6 Å². The predicted molar refractivity (Wildman–Crippen MR) is 110 cm³/mol. The zero-order valence-electron chi connectivity index (χ0n) is 15.2. The maximum Gasteiger partial charge on any atom is 0.247 e. The molecule has 0 amide bonds. The van der Waals surface area contributed by atoms with E-state index in [1.165, 1.54) is 0 Å². The number of rotatable bonds is 6. The number of ether oxygens (including phenoxy) is 1. The molecule has 0 saturated heterocycles. The highest BCUT2D eigenvalue weighted by atomic mass is 35.5. The average molecular weight is 392 g/mol. The van der Waals surface area contributed by atoms with E-state index in [0.717, 1.165) is 22.6 Å². The van der Waals surface area contributed by atoms with E-state index in [9.17, 15) is 0 Å². The van der Waals surface area contributed by atoms with Crippen LogP contribution in [-0.2, 0) is 0 Å². The van der Waals surface area contributed by atoms with Gasteiger partial charge in [-0.05, 0) is 42.0 Å². The molecule has 0 unspecified atom stereocenters. The third-order valence-corrected chi connectivity index (χ3v) is 4.53. The molecular formula is C22H18ClN3O2. The second-order valence-electron chi connectivity index (χ2n) is 6.14. The van der Waals surface area contributed by atoms with Crippen LogP contribution in [0.1, 0.15) is 17.5 Å². The van der Waals surface area contributed by atoms with Gasteiger partial charge in [0.15, 0.2) is 0 Å². The Morgan fingerprint density at radius 1 is 0.929 bits per heavy atom. The fraction of sp³-hybridized carbons (Fsp3) is 0.0909. The van der Waals surface area contributed by atoms with Gasteiger partial charge in [0.05, 0.1) is 12.8 Å². The van der Waals surface area contributed by atoms with Crippen LogP contribution in [0.15, 0.2) is 83.3 Å². The largest absolute Gasteiger partial charge is 0.495 e. The highest BCUT2D eigenvalue weighted by Crippen LogP contribution is 2.33. The lowest BCUT2D eigenvalue weighted by molar-refractivity contribution is 0.415. The van der Waals surface area contributed by atoms with Crippen LogP contribution in [0.5, 0.6) is 5.75 Å². The van der Waals surface area contributed by atoms with Crippen molar-refractivity contribution in [2.45, 2.75) is 6.04 Å². The molecule has 1 aromatic heterocycles. The standard InChI is InChI=1S/C22H18ClN3O2/c1-27-19-13-6-5-12-18(19)24-20(16-10-7-11-17(23)14-16)22-26-25-21(28-22)15-8-3-2-4-9-15/h2-14,20,24H,1H3/t20-/m0/s1. The summed E-state index contributed by atoms with van der Waals surface area (Å²) in [6, 6.07) is 24.5. The molecule has 0 fully saturated rings. The Bertz CT molecular complexity index is 1070. The molecule has 0 aliphatic carbocycles. The Labute approximate surface area is 168 Å². The molecule has 6 heteroatoms. The average Bonchev–Trinajstić information content (AvgIpc) is 3.23. The summed E-state index contributed by atoms with van der Waals surface area (Å²) in [5.41, 5.74) is 2.58. The van der Waals surface area contributed by atoms with Crippen LogP contribution in [0.25, 0.3) is 11.5 Å². The molecular weight excluding hydrogens is 374 g/mol. The van der Waals surface area contributed by atoms with Gasteiger partial charge >= 0.3 is 0 Å². The summed E-state index contributed by atoms with van der Waals surface area (Å²) in [4.78, 5) is 0. The number of hydrogen-bond acceptors (Lipinski definition) is 5. The van der Waals surface area contributed by atoms with E-state index in [-0.39, 0.29) is 6.04 Å². The van der Waals surface area contributed by atoms with Crippen molar-refractivity contribution in [3.63, 3.8) is 0 Å². The van der Waals surface area contributed by atoms with Gasteiger partial charge in [-0.15, -0.1) is 10.2 Å². The minimum Gasteiger partial charge on any atom is -0.495 e. The van der Waals surface area contributed by atoms with Crippen molar-refractivity contribution < 1.29 is 9.15 Å². The number of nitrogens with zero attached hydrogens (tertiary/aromatic N) is 2. The van der Waals surface area contributed by atoms with E-state index in [0.29, 0.717) is 16.8 Å². The SMILES string of the molecule is COc1ccccc1N[C@@H](c1cccc(Cl)c1)c1nnc(-c2ccccc2)o1. The van der Waals surface area contributed by atoms with Gasteiger partial charge in [0.1, 0.15) is 11.8 Å². The summed E-state index contributed by atoms with van der Waals surface area (Å²) in [5.74, 6) is 1.62. The fourth-order valence-corrected chi connectivity index (χ4v) is 3.14. The van der Waals surface area contributed by atoms with Crippen LogP contribution in [0.3, 0.4) is 0 Å². The normalized spacial score (nSPS) is 11.8. The van der Waals surface area contributed by atoms with Crippen molar-refractivity contribution in [3.05, 3.63) is 95.3 Å². The first-order chi connectivity index (χ1) is 13.7. The Balaban J connectivity index is 1.74. The zero-order chi connectivity index (χ0) is 19.3. The van der Waals surface area contributed by atoms with Crippen molar-refractivity contribution in [3.8, 4) is 17.2 Å². The number of nitrogens with one attached hydrogen (secondary N) is 1. The fourth-order valence-electron chi connectivity index (χ4n) is 2.94. The van der Waals surface area contributed by atoms with Gasteiger partial charge in [0.25, 0.3) is 0 Å². The van der Waals surface area contributed by atoms with Crippen molar-refractivity contribution in [2.24, 2.45) is 0 Å². The van der Waals surface area contributed by atoms with E-state index in [2.05, 4.69) is 15.5 Å². The Hall–Kier alpha value is -3.31. The van der Waals surface area contributed by atoms with Gasteiger partial charge in [-0.2, -0.15) is 0 Å². The van der Waals surface area contributed by atoms with Crippen molar-refractivity contribution in [1.29, 1.82) is 0 Å². The second-order valence-corrected chi connectivity index (χ2v) is 6.58. The third kappa shape index (κ3) is 3.85. The summed E-state index contributed by atoms with van der Waals surface area (Å²) in [6.45, 7) is 0. The number of anilines is 1. The molecule has 1 N–H and O–H groups in total. The molecule has 0 saturated carbocycles. The van der Waals surface area contributed by atoms with E-state index in [4.69, 9.17) is 20.8 Å². The summed E-state index contributed by atoms with van der Waals surface area (Å²) < 4.78 is 11.5. The summed E-state index contributed by atoms with van der Waals surface area (Å²) >= 11 is 6.22. The number of aromatic nitrogens is 2. The van der Waals surface area contributed by atoms with E-state index in [1.54, 1.807) is 7.11 Å². The zero-order valence-corrected chi connectivity index (χ0v) is 15.9. The first-order valence-electron chi connectivity index (χ1n) is 8.78. The maximum absolute atomic E-state index is 6.22. The van der Waals surface area contributed by atoms with E-state index >= 15 is 0 Å². The molecule has 0 spiro atoms. The van der Waals surface area contributed by atoms with Gasteiger partial charge < -0.3 is 14.5 Å². The van der Waals surface area contributed by atoms with Gasteiger partial charge in [-0.3, -0.25) is 0 Å². The lowest BCUT2D eigenvalue weighted by Crippen LogP contribution is -2.13. The molecule has 0 radical (unpaired) electrons. The molecule has 3 aromatic carbocycles. The Morgan fingerprint density at radius 2 is 1.71 bits per heavy atom. The van der Waals surface area contributed by atoms with Crippen LogP contribution >= 0.6 is 11.6 Å². The van der Waals surface area contributed by atoms with Crippen molar-refractivity contribution >= 4 is 17.3 Å². The Kier molecular flexibility index (Phi) is 5.26. The summed E-state index contributed by atoms with van der Waals surface area (Å²) in [5, 5.41) is 12.6. The number of hydrogen-bond donors (Lipinski definition) is 1. The highest BCUT2D eigenvalue weighted by Gasteiger charge is 2.23. The molecule has 140 valence electrons. The van der Waals surface area contributed by atoms with Gasteiger partial charge in [-0.25, -0.2) is 0 Å². The topological polar surface area (TPSA) is 60.2 Å². The maximum atomic E-state index is 6.22. The van der Waals surface area contributed by atoms with Gasteiger partial charge in [-0.1, -0.05) is 54.1 Å². The molecule has 5 nitrogen and oxygen atoms in total. The molecule has 4 aromatic rings. The quantitative estimate of drug-likeness (QED) is 0.463. The second kappa shape index (κ2) is 8.15. The minimum absolute atomic E-state index is 0.389. The lowest BCUT2D eigenvalue weighted by Gasteiger charge is -2.19. The number of methoxy groups -OCH3 is 1. The summed E-state index contributed by atoms with van der Waals surface area (Å²) in [7, 11) is 1.63. The van der Waals surface area contributed by atoms with Gasteiger partial charge in [0.2, 0.25) is 11.8 Å². The first kappa shape index (κ1) is 18.1. The highest BCUT2D eigenvalue weighted by molar-refractivity contribution is 6.30. The molecule has 28 heavy (non-hydrogen) atoms. The van der Waals surface area contributed by atoms with Crippen LogP contribution in [-0.4, -0.2) is 17.3 Å². The molecule has 1 heterocycles. The summed E-state index contributed by atoms with van der Waals surface area (Å²) in [6.07, 6.45) is 0. The van der Waals surface area contributed by atoms with Crippen LogP contribution in [0, 0.1) is 0 Å². The number of halogens is 1. The predicted octanol–water partition coefficient (Wildman–Crippen LogP) is 5.60. The first-order valence-corrected chi connectivity index (χ1v) is 9.16. The molecule has 1 atom stereocenters. The van der Waals surface area contributed by atoms with Crippen LogP contribution in [0.4, 0.5) is 5.69 Å². The minimum atomic E-state index is -0.389. The molecule has 4 rings (SSSR count). The molecule has 0 aliphatic rings. The van der Waals surface area contributed by atoms with Crippen LogP contribution < -0.4 is 10.1 Å². The van der Waals surface area contributed by atoms with Crippen LogP contribution in [0.2, 0.25) is 5.02 Å². The van der Waals surface area contributed by atoms with Crippen molar-refractivity contribution in [1.82, 2.24) is 10.2 Å². The van der Waals surface area contributed by atoms with Crippen molar-refractivity contribution in [2.75, 3.05) is 12.4 Å². The molecule has 0 bridgehead atoms. The third-order valence-electron chi connectivity index (χ3n) is 4.30. The number of para-hydroxylation sites is 2. The monoisotopic (exact) mass is 391 g/mol. The lowest BCUT2D eigenvalue weighted by atomic mass is 10.1. The number of benzene rings is 3.